The molecule has 1 aliphatic carbocycles. The van der Waals surface area contributed by atoms with E-state index in [9.17, 15) is 0 Å². The molecule has 0 nitrogen and oxygen atoms in total. The van der Waals surface area contributed by atoms with Crippen LogP contribution in [0.3, 0.4) is 0 Å². The minimum absolute atomic E-state index is 0.0269. The van der Waals surface area contributed by atoms with Crippen LogP contribution >= 0.6 is 0 Å². The van der Waals surface area contributed by atoms with Crippen LogP contribution in [0.25, 0.3) is 131 Å². The monoisotopic (exact) mass is 886 g/mol. The number of allylic oxidation sites excluding steroid dienone is 4. The van der Waals surface area contributed by atoms with E-state index < -0.39 is 0 Å². The first-order chi connectivity index (χ1) is 33.7. The lowest BCUT2D eigenvalue weighted by molar-refractivity contribution is 0.589. The van der Waals surface area contributed by atoms with E-state index in [0.717, 1.165) is 19.3 Å². The van der Waals surface area contributed by atoms with Crippen LogP contribution in [0.4, 0.5) is 0 Å². The van der Waals surface area contributed by atoms with Crippen molar-refractivity contribution in [3.8, 4) is 33.4 Å². The molecule has 334 valence electrons. The van der Waals surface area contributed by atoms with Crippen LogP contribution in [0.15, 0.2) is 176 Å². The lowest BCUT2D eigenvalue weighted by Gasteiger charge is -2.22. The van der Waals surface area contributed by atoms with Crippen LogP contribution in [0.2, 0.25) is 0 Å². The first-order valence-corrected chi connectivity index (χ1v) is 25.2. The van der Waals surface area contributed by atoms with Crippen molar-refractivity contribution in [2.75, 3.05) is 0 Å². The molecular weight excluding hydrogens is 829 g/mol. The molecule has 13 rings (SSSR count). The summed E-state index contributed by atoms with van der Waals surface area (Å²) in [5, 5.41) is 21.2. The zero-order valence-electron chi connectivity index (χ0n) is 41.1. The Balaban J connectivity index is 0.00000243. The zero-order valence-corrected chi connectivity index (χ0v) is 41.1. The van der Waals surface area contributed by atoms with E-state index in [-0.39, 0.29) is 5.41 Å². The Hall–Kier alpha value is -7.54. The predicted molar refractivity (Wildman–Crippen MR) is 306 cm³/mol. The van der Waals surface area contributed by atoms with Crippen LogP contribution in [-0.4, -0.2) is 0 Å². The van der Waals surface area contributed by atoms with Crippen molar-refractivity contribution in [2.24, 2.45) is 0 Å². The fraction of sp³-hybridized carbons (Fsp3) is 0.159. The van der Waals surface area contributed by atoms with Crippen molar-refractivity contribution in [1.82, 2.24) is 0 Å². The van der Waals surface area contributed by atoms with E-state index >= 15 is 0 Å². The first-order valence-electron chi connectivity index (χ1n) is 25.2. The molecule has 0 spiro atoms. The number of hydrogen-bond donors (Lipinski definition) is 0. The molecule has 0 saturated heterocycles. The van der Waals surface area contributed by atoms with E-state index in [2.05, 4.69) is 211 Å². The molecule has 0 amide bonds. The predicted octanol–water partition coefficient (Wildman–Crippen LogP) is 20.2. The third kappa shape index (κ3) is 6.34. The molecule has 0 atom stereocenters. The van der Waals surface area contributed by atoms with E-state index in [4.69, 9.17) is 0 Å². The minimum Gasteiger partial charge on any atom is -0.0991 e. The second-order valence-corrected chi connectivity index (χ2v) is 20.1. The van der Waals surface area contributed by atoms with E-state index in [0.29, 0.717) is 0 Å². The molecule has 0 heterocycles. The van der Waals surface area contributed by atoms with Gasteiger partial charge in [-0.3, -0.25) is 0 Å². The standard InChI is InChI=1S/C67H52.C2H6/c1-7-19-39(3)59-49-25-14-15-26-50(49)64(48-27-16-23-41-22-12-13-24-45(41)48)66-58-38-56-51-28-17-30-53-60(51)57(37-55(56)52-29-18-31-54(61(52)58)65(59)66)63-46(42-20-10-9-11-21-42)32-33-47(62(53)63)43-34-40(8-2)35-44(36-43)67(4,5)6;1-2/h7,9-11,13-21,23-38H,1,8,12,22H2,2-6H3;1-2H3/b39-19-;. The molecule has 0 bridgehead atoms. The minimum atomic E-state index is 0.0269. The Morgan fingerprint density at radius 1 is 0.522 bits per heavy atom. The van der Waals surface area contributed by atoms with Gasteiger partial charge in [0, 0.05) is 0 Å². The van der Waals surface area contributed by atoms with Crippen LogP contribution in [0.1, 0.15) is 82.7 Å². The van der Waals surface area contributed by atoms with E-state index in [1.165, 1.54) is 153 Å². The van der Waals surface area contributed by atoms with Crippen molar-refractivity contribution in [2.45, 2.75) is 73.1 Å². The number of hydrogen-bond acceptors (Lipinski definition) is 0. The third-order valence-electron chi connectivity index (χ3n) is 15.4. The fourth-order valence-electron chi connectivity index (χ4n) is 12.3. The Morgan fingerprint density at radius 2 is 1.12 bits per heavy atom. The van der Waals surface area contributed by atoms with Crippen molar-refractivity contribution in [3.05, 3.63) is 204 Å². The van der Waals surface area contributed by atoms with E-state index in [1.807, 2.05) is 19.9 Å². The van der Waals surface area contributed by atoms with Crippen LogP contribution in [0.5, 0.6) is 0 Å². The van der Waals surface area contributed by atoms with Gasteiger partial charge < -0.3 is 0 Å². The maximum Gasteiger partial charge on any atom is -0.000709 e. The third-order valence-corrected chi connectivity index (χ3v) is 15.4. The summed E-state index contributed by atoms with van der Waals surface area (Å²) in [6.07, 6.45) is 12.0. The molecular formula is C69H58. The number of fused-ring (bicyclic) bond motifs is 11. The smallest absolute Gasteiger partial charge is 0.000709 e. The Kier molecular flexibility index (Phi) is 10.1. The molecule has 12 aromatic carbocycles. The van der Waals surface area contributed by atoms with Crippen LogP contribution in [-0.2, 0) is 18.3 Å². The highest BCUT2D eigenvalue weighted by molar-refractivity contribution is 6.45. The van der Waals surface area contributed by atoms with Gasteiger partial charge in [0.05, 0.1) is 0 Å². The van der Waals surface area contributed by atoms with Crippen molar-refractivity contribution < 1.29 is 0 Å². The van der Waals surface area contributed by atoms with Crippen molar-refractivity contribution >= 4 is 97.8 Å². The van der Waals surface area contributed by atoms with Gasteiger partial charge in [0.15, 0.2) is 0 Å². The topological polar surface area (TPSA) is 0 Å². The average molecular weight is 887 g/mol. The van der Waals surface area contributed by atoms with Gasteiger partial charge in [0.1, 0.15) is 0 Å². The summed E-state index contributed by atoms with van der Waals surface area (Å²) in [5.41, 5.74) is 15.9. The summed E-state index contributed by atoms with van der Waals surface area (Å²) in [6, 6.07) is 58.6. The number of aryl methyl sites for hydroxylation is 2. The van der Waals surface area contributed by atoms with Gasteiger partial charge in [-0.05, 0) is 197 Å². The summed E-state index contributed by atoms with van der Waals surface area (Å²) in [7, 11) is 0. The lowest BCUT2D eigenvalue weighted by atomic mass is 9.83. The Morgan fingerprint density at radius 3 is 1.80 bits per heavy atom. The van der Waals surface area contributed by atoms with Crippen molar-refractivity contribution in [1.29, 1.82) is 0 Å². The van der Waals surface area contributed by atoms with E-state index in [1.54, 1.807) is 0 Å². The molecule has 69 heavy (non-hydrogen) atoms. The largest absolute Gasteiger partial charge is 0.0991 e. The molecule has 0 unspecified atom stereocenters. The van der Waals surface area contributed by atoms with Gasteiger partial charge in [0.2, 0.25) is 0 Å². The fourth-order valence-corrected chi connectivity index (χ4v) is 12.3. The SMILES string of the molecule is C=C/C=C(/C)c1c2ccccc2c(-c2cccc3c2C=CCC3)c2c3cc4c(cc5c6c(-c7ccccc7)ccc(-c7cc(CC)cc(C(C)(C)C)c7)c6c6cccc4c65)c4cccc(c12)c43.CC. The second kappa shape index (κ2) is 16.3. The highest BCUT2D eigenvalue weighted by Gasteiger charge is 2.28. The molecule has 0 N–H and O–H groups in total. The lowest BCUT2D eigenvalue weighted by Crippen LogP contribution is -2.11. The first kappa shape index (κ1) is 42.8. The van der Waals surface area contributed by atoms with Gasteiger partial charge in [-0.15, -0.1) is 0 Å². The molecule has 0 aromatic heterocycles. The Bertz CT molecular complexity index is 4110. The summed E-state index contributed by atoms with van der Waals surface area (Å²) < 4.78 is 0. The summed E-state index contributed by atoms with van der Waals surface area (Å²) in [4.78, 5) is 0. The number of benzene rings is 10. The zero-order chi connectivity index (χ0) is 47.3. The van der Waals surface area contributed by atoms with Gasteiger partial charge in [-0.25, -0.2) is 0 Å². The summed E-state index contributed by atoms with van der Waals surface area (Å²) in [5.74, 6) is 0. The highest BCUT2D eigenvalue weighted by Crippen LogP contribution is 2.55. The molecule has 0 saturated carbocycles. The molecule has 1 aliphatic rings. The van der Waals surface area contributed by atoms with Crippen LogP contribution in [0, 0.1) is 0 Å². The molecule has 0 fully saturated rings. The normalized spacial score (nSPS) is 13.2. The maximum atomic E-state index is 4.18. The maximum absolute atomic E-state index is 4.18. The van der Waals surface area contributed by atoms with Crippen LogP contribution < -0.4 is 0 Å². The molecule has 12 aromatic rings. The molecule has 0 aliphatic heterocycles. The second-order valence-electron chi connectivity index (χ2n) is 20.1. The highest BCUT2D eigenvalue weighted by atomic mass is 14.3. The molecule has 0 radical (unpaired) electrons. The van der Waals surface area contributed by atoms with Gasteiger partial charge in [-0.1, -0.05) is 212 Å². The van der Waals surface area contributed by atoms with Gasteiger partial charge >= 0.3 is 0 Å². The summed E-state index contributed by atoms with van der Waals surface area (Å²) >= 11 is 0. The van der Waals surface area contributed by atoms with Crippen molar-refractivity contribution in [3.63, 3.8) is 0 Å². The summed E-state index contributed by atoms with van der Waals surface area (Å²) in [6.45, 7) is 19.7. The Labute approximate surface area is 406 Å². The van der Waals surface area contributed by atoms with Gasteiger partial charge in [0.25, 0.3) is 0 Å². The quantitative estimate of drug-likeness (QED) is 0.115. The number of rotatable bonds is 6. The molecule has 0 heteroatoms. The average Bonchev–Trinajstić information content (AvgIpc) is 3.90. The van der Waals surface area contributed by atoms with Gasteiger partial charge in [-0.2, -0.15) is 0 Å².